The zero-order valence-corrected chi connectivity index (χ0v) is 11.6. The molecule has 1 aromatic rings. The highest BCUT2D eigenvalue weighted by molar-refractivity contribution is 14.1. The first-order valence-electron chi connectivity index (χ1n) is 5.84. The summed E-state index contributed by atoms with van der Waals surface area (Å²) in [4.78, 5) is 15.8. The van der Waals surface area contributed by atoms with Gasteiger partial charge in [-0.1, -0.05) is 13.8 Å². The number of rotatable bonds is 2. The third-order valence-electron chi connectivity index (χ3n) is 3.78. The molecule has 2 saturated carbocycles. The van der Waals surface area contributed by atoms with E-state index in [0.29, 0.717) is 29.6 Å². The van der Waals surface area contributed by atoms with Crippen LogP contribution in [0.5, 0.6) is 0 Å². The topological polar surface area (TPSA) is 34.9 Å². The van der Waals surface area contributed by atoms with Crippen molar-refractivity contribution in [3.8, 4) is 0 Å². The molecule has 86 valence electrons. The number of fused-ring (bicyclic) bond motifs is 1. The van der Waals surface area contributed by atoms with E-state index < -0.39 is 0 Å². The van der Waals surface area contributed by atoms with E-state index in [1.807, 2.05) is 0 Å². The maximum Gasteiger partial charge on any atom is 0.133 e. The van der Waals surface area contributed by atoms with Crippen molar-refractivity contribution >= 4 is 28.4 Å². The van der Waals surface area contributed by atoms with Crippen molar-refractivity contribution in [1.82, 2.24) is 9.55 Å². The molecule has 3 nitrogen and oxygen atoms in total. The lowest BCUT2D eigenvalue weighted by molar-refractivity contribution is -0.118. The lowest BCUT2D eigenvalue weighted by atomic mass is 10.2. The number of nitrogens with zero attached hydrogens (tertiary/aromatic N) is 2. The maximum absolute atomic E-state index is 11.3. The Balaban J connectivity index is 1.89. The average molecular weight is 330 g/mol. The van der Waals surface area contributed by atoms with Gasteiger partial charge in [0.2, 0.25) is 0 Å². The molecule has 4 heteroatoms. The average Bonchev–Trinajstić information content (AvgIpc) is 2.60. The molecule has 0 aliphatic heterocycles. The van der Waals surface area contributed by atoms with Gasteiger partial charge in [0.05, 0.1) is 0 Å². The fourth-order valence-corrected chi connectivity index (χ4v) is 3.58. The van der Waals surface area contributed by atoms with Crippen LogP contribution in [0, 0.1) is 15.5 Å². The van der Waals surface area contributed by atoms with Crippen LogP contribution in [0.4, 0.5) is 0 Å². The van der Waals surface area contributed by atoms with E-state index in [4.69, 9.17) is 0 Å². The van der Waals surface area contributed by atoms with Gasteiger partial charge < -0.3 is 4.57 Å². The smallest absolute Gasteiger partial charge is 0.133 e. The molecule has 1 aromatic heterocycles. The molecule has 2 fully saturated rings. The fraction of sp³-hybridized carbons (Fsp3) is 0.667. The summed E-state index contributed by atoms with van der Waals surface area (Å²) in [5, 5.41) is 0. The van der Waals surface area contributed by atoms with Crippen LogP contribution < -0.4 is 0 Å². The van der Waals surface area contributed by atoms with Gasteiger partial charge in [-0.05, 0) is 34.4 Å². The third-order valence-corrected chi connectivity index (χ3v) is 4.30. The van der Waals surface area contributed by atoms with Crippen LogP contribution in [0.1, 0.15) is 44.5 Å². The third kappa shape index (κ3) is 1.53. The highest BCUT2D eigenvalue weighted by Crippen LogP contribution is 2.59. The number of aromatic nitrogens is 2. The number of ketones is 1. The Labute approximate surface area is 109 Å². The summed E-state index contributed by atoms with van der Waals surface area (Å²) in [7, 11) is 0. The largest absolute Gasteiger partial charge is 0.330 e. The van der Waals surface area contributed by atoms with Gasteiger partial charge in [-0.25, -0.2) is 4.98 Å². The number of imidazole rings is 1. The molecule has 0 N–H and O–H groups in total. The van der Waals surface area contributed by atoms with Crippen LogP contribution in [0.3, 0.4) is 0 Å². The quantitative estimate of drug-likeness (QED) is 0.782. The van der Waals surface area contributed by atoms with E-state index in [9.17, 15) is 4.79 Å². The molecule has 16 heavy (non-hydrogen) atoms. The molecule has 1 heterocycles. The first-order valence-corrected chi connectivity index (χ1v) is 6.91. The van der Waals surface area contributed by atoms with E-state index in [1.54, 1.807) is 0 Å². The Morgan fingerprint density at radius 2 is 2.06 bits per heavy atom. The molecule has 0 radical (unpaired) electrons. The second-order valence-electron chi connectivity index (χ2n) is 5.25. The van der Waals surface area contributed by atoms with Crippen molar-refractivity contribution < 1.29 is 4.79 Å². The molecule has 2 aliphatic rings. The first-order chi connectivity index (χ1) is 7.58. The first kappa shape index (κ1) is 10.7. The number of carbonyl (C=O) groups is 1. The summed E-state index contributed by atoms with van der Waals surface area (Å²) in [6, 6.07) is 0.561. The summed E-state index contributed by atoms with van der Waals surface area (Å²) in [5.74, 6) is 3.30. The molecular formula is C12H15IN2O. The standard InChI is InChI=1S/C12H15IN2O/c1-6(2)12-14-10(13)5-15(12)11-8-3-7(16)4-9(8)11/h5-6,8-9,11H,3-4H2,1-2H3/t8-,9+,11?. The SMILES string of the molecule is CC(C)c1nc(I)cn1C1[C@H]2CC(=O)C[C@@H]12. The van der Waals surface area contributed by atoms with Gasteiger partial charge in [0.15, 0.2) is 0 Å². The Morgan fingerprint density at radius 1 is 1.44 bits per heavy atom. The molecule has 0 spiro atoms. The Kier molecular flexibility index (Phi) is 2.38. The number of carbonyl (C=O) groups excluding carboxylic acids is 1. The molecule has 0 bridgehead atoms. The second-order valence-corrected chi connectivity index (χ2v) is 6.35. The molecular weight excluding hydrogens is 315 g/mol. The van der Waals surface area contributed by atoms with E-state index in [-0.39, 0.29) is 0 Å². The highest BCUT2D eigenvalue weighted by Gasteiger charge is 2.57. The van der Waals surface area contributed by atoms with Crippen molar-refractivity contribution in [1.29, 1.82) is 0 Å². The van der Waals surface area contributed by atoms with E-state index in [2.05, 4.69) is 52.2 Å². The molecule has 0 aromatic carbocycles. The second kappa shape index (κ2) is 3.55. The monoisotopic (exact) mass is 330 g/mol. The van der Waals surface area contributed by atoms with Crippen LogP contribution in [0.2, 0.25) is 0 Å². The minimum atomic E-state index is 0.451. The molecule has 2 aliphatic carbocycles. The van der Waals surface area contributed by atoms with Crippen molar-refractivity contribution in [3.63, 3.8) is 0 Å². The molecule has 0 saturated heterocycles. The summed E-state index contributed by atoms with van der Waals surface area (Å²) in [6.45, 7) is 4.36. The zero-order chi connectivity index (χ0) is 11.4. The van der Waals surface area contributed by atoms with Crippen LogP contribution in [0.15, 0.2) is 6.20 Å². The van der Waals surface area contributed by atoms with Crippen LogP contribution in [-0.4, -0.2) is 15.3 Å². The number of halogens is 1. The van der Waals surface area contributed by atoms with Gasteiger partial charge in [-0.2, -0.15) is 0 Å². The number of Topliss-reactive ketones (excluding diaryl/α,β-unsaturated/α-hetero) is 1. The molecule has 0 amide bonds. The van der Waals surface area contributed by atoms with Crippen molar-refractivity contribution in [2.24, 2.45) is 11.8 Å². The van der Waals surface area contributed by atoms with Gasteiger partial charge in [0.25, 0.3) is 0 Å². The van der Waals surface area contributed by atoms with Crippen LogP contribution in [0.25, 0.3) is 0 Å². The normalized spacial score (nSPS) is 32.2. The van der Waals surface area contributed by atoms with Gasteiger partial charge in [0, 0.05) is 31.0 Å². The Hall–Kier alpha value is -0.390. The van der Waals surface area contributed by atoms with Gasteiger partial charge in [0.1, 0.15) is 15.3 Å². The van der Waals surface area contributed by atoms with Crippen molar-refractivity contribution in [2.75, 3.05) is 0 Å². The lowest BCUT2D eigenvalue weighted by Crippen LogP contribution is -2.08. The summed E-state index contributed by atoms with van der Waals surface area (Å²) in [5.41, 5.74) is 0. The van der Waals surface area contributed by atoms with Crippen LogP contribution >= 0.6 is 22.6 Å². The zero-order valence-electron chi connectivity index (χ0n) is 9.48. The van der Waals surface area contributed by atoms with Gasteiger partial charge in [-0.3, -0.25) is 4.79 Å². The summed E-state index contributed by atoms with van der Waals surface area (Å²) >= 11 is 2.27. The predicted octanol–water partition coefficient (Wildman–Crippen LogP) is 2.76. The van der Waals surface area contributed by atoms with Crippen LogP contribution in [-0.2, 0) is 4.79 Å². The predicted molar refractivity (Wildman–Crippen MR) is 69.3 cm³/mol. The van der Waals surface area contributed by atoms with Gasteiger partial charge >= 0.3 is 0 Å². The van der Waals surface area contributed by atoms with Gasteiger partial charge in [-0.15, -0.1) is 0 Å². The minimum absolute atomic E-state index is 0.451. The number of hydrogen-bond acceptors (Lipinski definition) is 2. The Bertz CT molecular complexity index is 438. The lowest BCUT2D eigenvalue weighted by Gasteiger charge is -2.11. The Morgan fingerprint density at radius 3 is 2.62 bits per heavy atom. The molecule has 3 atom stereocenters. The number of hydrogen-bond donors (Lipinski definition) is 0. The van der Waals surface area contributed by atoms with Crippen molar-refractivity contribution in [2.45, 2.75) is 38.6 Å². The summed E-state index contributed by atoms with van der Waals surface area (Å²) < 4.78 is 3.39. The van der Waals surface area contributed by atoms with E-state index >= 15 is 0 Å². The molecule has 1 unspecified atom stereocenters. The van der Waals surface area contributed by atoms with E-state index in [0.717, 1.165) is 16.5 Å². The van der Waals surface area contributed by atoms with E-state index in [1.165, 1.54) is 5.82 Å². The minimum Gasteiger partial charge on any atom is -0.330 e. The summed E-state index contributed by atoms with van der Waals surface area (Å²) in [6.07, 6.45) is 3.73. The van der Waals surface area contributed by atoms with Crippen molar-refractivity contribution in [3.05, 3.63) is 15.7 Å². The molecule has 3 rings (SSSR count). The maximum atomic E-state index is 11.3. The highest BCUT2D eigenvalue weighted by atomic mass is 127. The fourth-order valence-electron chi connectivity index (χ4n) is 3.03.